The van der Waals surface area contributed by atoms with Crippen molar-refractivity contribution in [2.24, 2.45) is 11.8 Å². The number of ketones is 1. The molecule has 15 heavy (non-hydrogen) atoms. The smallest absolute Gasteiger partial charge is 0.166 e. The zero-order valence-corrected chi connectivity index (χ0v) is 8.91. The largest absolute Gasteiger partial charge is 0.294 e. The van der Waals surface area contributed by atoms with E-state index in [-0.39, 0.29) is 0 Å². The van der Waals surface area contributed by atoms with E-state index < -0.39 is 0 Å². The maximum atomic E-state index is 12.2. The molecule has 1 atom stereocenters. The lowest BCUT2D eigenvalue weighted by molar-refractivity contribution is 0.0890. The quantitative estimate of drug-likeness (QED) is 0.716. The van der Waals surface area contributed by atoms with Gasteiger partial charge < -0.3 is 0 Å². The molecule has 1 saturated carbocycles. The average molecular weight is 200 g/mol. The van der Waals surface area contributed by atoms with Crippen molar-refractivity contribution in [3.63, 3.8) is 0 Å². The van der Waals surface area contributed by atoms with Crippen LogP contribution in [-0.4, -0.2) is 5.78 Å². The van der Waals surface area contributed by atoms with Crippen LogP contribution in [0, 0.1) is 11.8 Å². The van der Waals surface area contributed by atoms with Crippen LogP contribution in [0.1, 0.15) is 41.6 Å². The van der Waals surface area contributed by atoms with Gasteiger partial charge in [0.15, 0.2) is 5.78 Å². The monoisotopic (exact) mass is 200 g/mol. The molecule has 0 aliphatic heterocycles. The fourth-order valence-corrected chi connectivity index (χ4v) is 2.64. The fraction of sp³-hybridized carbons (Fsp3) is 0.500. The number of hydrogen-bond acceptors (Lipinski definition) is 1. The van der Waals surface area contributed by atoms with Crippen molar-refractivity contribution in [2.45, 2.75) is 32.1 Å². The van der Waals surface area contributed by atoms with Gasteiger partial charge in [-0.25, -0.2) is 0 Å². The molecule has 3 rings (SSSR count). The van der Waals surface area contributed by atoms with E-state index in [0.717, 1.165) is 30.7 Å². The first-order valence-electron chi connectivity index (χ1n) is 5.96. The Morgan fingerprint density at radius 1 is 1.13 bits per heavy atom. The van der Waals surface area contributed by atoms with Gasteiger partial charge in [-0.1, -0.05) is 37.1 Å². The molecule has 2 aliphatic rings. The Labute approximate surface area is 90.5 Å². The number of carbonyl (C=O) groups excluding carboxylic acids is 1. The Bertz CT molecular complexity index is 390. The summed E-state index contributed by atoms with van der Waals surface area (Å²) in [5, 5.41) is 0. The summed E-state index contributed by atoms with van der Waals surface area (Å²) >= 11 is 0. The number of carbonyl (C=O) groups is 1. The molecule has 1 aromatic carbocycles. The van der Waals surface area contributed by atoms with Crippen LogP contribution in [0.2, 0.25) is 0 Å². The lowest BCUT2D eigenvalue weighted by Crippen LogP contribution is -2.22. The normalized spacial score (nSPS) is 25.1. The minimum Gasteiger partial charge on any atom is -0.294 e. The van der Waals surface area contributed by atoms with E-state index in [4.69, 9.17) is 0 Å². The molecule has 1 unspecified atom stereocenters. The van der Waals surface area contributed by atoms with Gasteiger partial charge in [0.25, 0.3) is 0 Å². The van der Waals surface area contributed by atoms with Crippen LogP contribution in [0.15, 0.2) is 24.3 Å². The molecule has 0 spiro atoms. The summed E-state index contributed by atoms with van der Waals surface area (Å²) in [6, 6.07) is 8.11. The second-order valence-corrected chi connectivity index (χ2v) is 4.94. The summed E-state index contributed by atoms with van der Waals surface area (Å²) in [6.45, 7) is 0. The van der Waals surface area contributed by atoms with E-state index in [1.807, 2.05) is 18.2 Å². The zero-order valence-electron chi connectivity index (χ0n) is 8.91. The standard InChI is InChI=1S/C14H16O/c15-14-12(9-10-5-6-10)8-7-11-3-1-2-4-13(11)14/h1-4,10,12H,5-9H2. The van der Waals surface area contributed by atoms with Gasteiger partial charge >= 0.3 is 0 Å². The summed E-state index contributed by atoms with van der Waals surface area (Å²) in [7, 11) is 0. The second-order valence-electron chi connectivity index (χ2n) is 4.94. The van der Waals surface area contributed by atoms with Crippen LogP contribution in [0.4, 0.5) is 0 Å². The van der Waals surface area contributed by atoms with Gasteiger partial charge in [-0.2, -0.15) is 0 Å². The van der Waals surface area contributed by atoms with Crippen LogP contribution in [-0.2, 0) is 6.42 Å². The maximum absolute atomic E-state index is 12.2. The molecular formula is C14H16O. The third-order valence-electron chi connectivity index (χ3n) is 3.73. The Balaban J connectivity index is 1.84. The Kier molecular flexibility index (Phi) is 2.12. The molecule has 0 saturated heterocycles. The highest BCUT2D eigenvalue weighted by Crippen LogP contribution is 2.39. The maximum Gasteiger partial charge on any atom is 0.166 e. The predicted molar refractivity (Wildman–Crippen MR) is 59.9 cm³/mol. The van der Waals surface area contributed by atoms with E-state index in [1.165, 1.54) is 18.4 Å². The van der Waals surface area contributed by atoms with E-state index in [2.05, 4.69) is 6.07 Å². The zero-order chi connectivity index (χ0) is 10.3. The Hall–Kier alpha value is -1.11. The van der Waals surface area contributed by atoms with Crippen molar-refractivity contribution in [1.29, 1.82) is 0 Å². The highest BCUT2D eigenvalue weighted by molar-refractivity contribution is 6.00. The predicted octanol–water partition coefficient (Wildman–Crippen LogP) is 3.23. The minimum absolute atomic E-state index is 0.326. The first kappa shape index (κ1) is 9.14. The fourth-order valence-electron chi connectivity index (χ4n) is 2.64. The Morgan fingerprint density at radius 2 is 1.93 bits per heavy atom. The summed E-state index contributed by atoms with van der Waals surface area (Å²) in [5.74, 6) is 1.60. The number of benzene rings is 1. The third kappa shape index (κ3) is 1.71. The van der Waals surface area contributed by atoms with Gasteiger partial charge in [-0.05, 0) is 30.7 Å². The molecule has 1 nitrogen and oxygen atoms in total. The molecule has 78 valence electrons. The number of fused-ring (bicyclic) bond motifs is 1. The summed E-state index contributed by atoms with van der Waals surface area (Å²) < 4.78 is 0. The summed E-state index contributed by atoms with van der Waals surface area (Å²) in [6.07, 6.45) is 6.02. The van der Waals surface area contributed by atoms with Crippen molar-refractivity contribution in [1.82, 2.24) is 0 Å². The van der Waals surface area contributed by atoms with Crippen LogP contribution in [0.3, 0.4) is 0 Å². The topological polar surface area (TPSA) is 17.1 Å². The number of aryl methyl sites for hydroxylation is 1. The molecule has 0 radical (unpaired) electrons. The molecule has 2 aliphatic carbocycles. The van der Waals surface area contributed by atoms with Gasteiger partial charge in [0, 0.05) is 11.5 Å². The number of Topliss-reactive ketones (excluding diaryl/α,β-unsaturated/α-hetero) is 1. The molecule has 0 aromatic heterocycles. The molecular weight excluding hydrogens is 184 g/mol. The highest BCUT2D eigenvalue weighted by atomic mass is 16.1. The molecule has 1 heteroatoms. The SMILES string of the molecule is O=C1c2ccccc2CCC1CC1CC1. The lowest BCUT2D eigenvalue weighted by atomic mass is 9.80. The molecule has 1 aromatic rings. The Morgan fingerprint density at radius 3 is 2.73 bits per heavy atom. The van der Waals surface area contributed by atoms with Crippen molar-refractivity contribution < 1.29 is 4.79 Å². The lowest BCUT2D eigenvalue weighted by Gasteiger charge is -2.22. The van der Waals surface area contributed by atoms with Crippen LogP contribution in [0.25, 0.3) is 0 Å². The summed E-state index contributed by atoms with van der Waals surface area (Å²) in [4.78, 5) is 12.2. The third-order valence-corrected chi connectivity index (χ3v) is 3.73. The molecule has 0 N–H and O–H groups in total. The average Bonchev–Trinajstić information content (AvgIpc) is 3.07. The van der Waals surface area contributed by atoms with Crippen LogP contribution >= 0.6 is 0 Å². The van der Waals surface area contributed by atoms with Gasteiger partial charge in [-0.3, -0.25) is 4.79 Å². The first-order valence-corrected chi connectivity index (χ1v) is 5.96. The van der Waals surface area contributed by atoms with Gasteiger partial charge in [-0.15, -0.1) is 0 Å². The van der Waals surface area contributed by atoms with Gasteiger partial charge in [0.2, 0.25) is 0 Å². The number of rotatable bonds is 2. The molecule has 1 fully saturated rings. The van der Waals surface area contributed by atoms with E-state index in [1.54, 1.807) is 0 Å². The second kappa shape index (κ2) is 3.48. The minimum atomic E-state index is 0.326. The van der Waals surface area contributed by atoms with E-state index in [9.17, 15) is 4.79 Å². The summed E-state index contributed by atoms with van der Waals surface area (Å²) in [5.41, 5.74) is 2.25. The van der Waals surface area contributed by atoms with Crippen molar-refractivity contribution in [2.75, 3.05) is 0 Å². The van der Waals surface area contributed by atoms with E-state index >= 15 is 0 Å². The van der Waals surface area contributed by atoms with Crippen molar-refractivity contribution in [3.05, 3.63) is 35.4 Å². The van der Waals surface area contributed by atoms with Crippen molar-refractivity contribution >= 4 is 5.78 Å². The van der Waals surface area contributed by atoms with Crippen molar-refractivity contribution in [3.8, 4) is 0 Å². The van der Waals surface area contributed by atoms with Gasteiger partial charge in [0.05, 0.1) is 0 Å². The first-order chi connectivity index (χ1) is 7.34. The molecule has 0 heterocycles. The van der Waals surface area contributed by atoms with Crippen LogP contribution in [0.5, 0.6) is 0 Å². The van der Waals surface area contributed by atoms with Crippen LogP contribution < -0.4 is 0 Å². The number of hydrogen-bond donors (Lipinski definition) is 0. The van der Waals surface area contributed by atoms with E-state index in [0.29, 0.717) is 11.7 Å². The highest BCUT2D eigenvalue weighted by Gasteiger charge is 2.32. The molecule has 0 bridgehead atoms. The molecule has 0 amide bonds. The van der Waals surface area contributed by atoms with Gasteiger partial charge in [0.1, 0.15) is 0 Å².